The smallest absolute Gasteiger partial charge is 0.244 e. The quantitative estimate of drug-likeness (QED) is 0.538. The minimum Gasteiger partial charge on any atom is -0.326 e. The number of amides is 2. The summed E-state index contributed by atoms with van der Waals surface area (Å²) in [5.74, 6) is -0.768. The Labute approximate surface area is 178 Å². The predicted octanol–water partition coefficient (Wildman–Crippen LogP) is 3.18. The Morgan fingerprint density at radius 1 is 1.07 bits per heavy atom. The Hall–Kier alpha value is -2.82. The van der Waals surface area contributed by atoms with Crippen molar-refractivity contribution in [2.45, 2.75) is 38.6 Å². The Balaban J connectivity index is 1.70. The van der Waals surface area contributed by atoms with Crippen molar-refractivity contribution < 1.29 is 18.0 Å². The molecule has 0 aliphatic heterocycles. The van der Waals surface area contributed by atoms with E-state index in [0.717, 1.165) is 21.3 Å². The van der Waals surface area contributed by atoms with Crippen LogP contribution in [0.25, 0.3) is 10.2 Å². The summed E-state index contributed by atoms with van der Waals surface area (Å²) in [6, 6.07) is 8.67. The number of nitrogens with one attached hydrogen (secondary N) is 3. The minimum absolute atomic E-state index is 0.0117. The lowest BCUT2D eigenvalue weighted by Crippen LogP contribution is -2.41. The molecule has 0 fully saturated rings. The van der Waals surface area contributed by atoms with Gasteiger partial charge in [-0.1, -0.05) is 17.4 Å². The lowest BCUT2D eigenvalue weighted by atomic mass is 10.1. The monoisotopic (exact) mass is 446 g/mol. The Morgan fingerprint density at radius 2 is 1.73 bits per heavy atom. The molecule has 3 aromatic rings. The number of nitrogens with zero attached hydrogens (tertiary/aromatic N) is 1. The van der Waals surface area contributed by atoms with Gasteiger partial charge >= 0.3 is 0 Å². The molecule has 0 spiro atoms. The van der Waals surface area contributed by atoms with Crippen molar-refractivity contribution in [3.63, 3.8) is 0 Å². The summed E-state index contributed by atoms with van der Waals surface area (Å²) in [5.41, 5.74) is 3.41. The highest BCUT2D eigenvalue weighted by molar-refractivity contribution is 7.89. The van der Waals surface area contributed by atoms with E-state index in [1.807, 2.05) is 26.0 Å². The first-order chi connectivity index (χ1) is 14.0. The van der Waals surface area contributed by atoms with E-state index in [0.29, 0.717) is 10.8 Å². The lowest BCUT2D eigenvalue weighted by molar-refractivity contribution is -0.117. The van der Waals surface area contributed by atoms with E-state index in [2.05, 4.69) is 20.3 Å². The van der Waals surface area contributed by atoms with E-state index in [9.17, 15) is 18.0 Å². The molecule has 0 aliphatic rings. The van der Waals surface area contributed by atoms with Crippen LogP contribution >= 0.6 is 11.3 Å². The van der Waals surface area contributed by atoms with E-state index < -0.39 is 22.0 Å². The molecule has 2 amide bonds. The summed E-state index contributed by atoms with van der Waals surface area (Å²) in [5, 5.41) is 5.65. The van der Waals surface area contributed by atoms with Crippen LogP contribution in [0, 0.1) is 13.8 Å². The van der Waals surface area contributed by atoms with Crippen LogP contribution < -0.4 is 15.4 Å². The Morgan fingerprint density at radius 3 is 2.37 bits per heavy atom. The maximum atomic E-state index is 12.6. The van der Waals surface area contributed by atoms with Gasteiger partial charge < -0.3 is 10.6 Å². The molecule has 1 atom stereocenters. The summed E-state index contributed by atoms with van der Waals surface area (Å²) >= 11 is 1.34. The number of aromatic nitrogens is 1. The van der Waals surface area contributed by atoms with Crippen LogP contribution in [-0.2, 0) is 19.6 Å². The van der Waals surface area contributed by atoms with E-state index >= 15 is 0 Å². The van der Waals surface area contributed by atoms with Gasteiger partial charge in [-0.2, -0.15) is 4.72 Å². The molecular formula is C20H22N4O4S2. The first-order valence-corrected chi connectivity index (χ1v) is 11.4. The van der Waals surface area contributed by atoms with E-state index in [1.165, 1.54) is 49.4 Å². The van der Waals surface area contributed by atoms with Gasteiger partial charge in [-0.05, 0) is 62.2 Å². The zero-order valence-electron chi connectivity index (χ0n) is 16.9. The summed E-state index contributed by atoms with van der Waals surface area (Å²) in [6.45, 7) is 6.76. The van der Waals surface area contributed by atoms with Gasteiger partial charge in [-0.3, -0.25) is 9.59 Å². The van der Waals surface area contributed by atoms with Crippen LogP contribution in [0.4, 0.5) is 10.8 Å². The molecule has 0 saturated heterocycles. The second-order valence-electron chi connectivity index (χ2n) is 6.99. The van der Waals surface area contributed by atoms with Gasteiger partial charge in [0, 0.05) is 12.6 Å². The third kappa shape index (κ3) is 5.02. The maximum absolute atomic E-state index is 12.6. The Kier molecular flexibility index (Phi) is 6.20. The van der Waals surface area contributed by atoms with E-state index in [4.69, 9.17) is 0 Å². The standard InChI is InChI=1S/C20H22N4O4S2/c1-11-9-12(2)18-17(10-11)29-20(22-18)23-19(26)13(3)24-30(27,28)16-7-5-15(6-8-16)21-14(4)25/h5-10,13,24H,1-4H3,(H,21,25)(H,22,23,26)/t13-/m0/s1. The molecule has 0 bridgehead atoms. The summed E-state index contributed by atoms with van der Waals surface area (Å²) in [4.78, 5) is 28.0. The van der Waals surface area contributed by atoms with Crippen LogP contribution in [0.3, 0.4) is 0 Å². The molecule has 1 heterocycles. The lowest BCUT2D eigenvalue weighted by Gasteiger charge is -2.13. The average molecular weight is 447 g/mol. The number of sulfonamides is 1. The van der Waals surface area contributed by atoms with Crippen molar-refractivity contribution >= 4 is 54.2 Å². The molecule has 0 saturated carbocycles. The second-order valence-corrected chi connectivity index (χ2v) is 9.73. The molecule has 2 aromatic carbocycles. The van der Waals surface area contributed by atoms with Gasteiger partial charge in [-0.15, -0.1) is 0 Å². The number of thiazole rings is 1. The number of benzene rings is 2. The van der Waals surface area contributed by atoms with Gasteiger partial charge in [0.05, 0.1) is 21.2 Å². The fraction of sp³-hybridized carbons (Fsp3) is 0.250. The number of hydrogen-bond donors (Lipinski definition) is 3. The van der Waals surface area contributed by atoms with Crippen LogP contribution in [-0.4, -0.2) is 31.3 Å². The molecule has 158 valence electrons. The zero-order chi connectivity index (χ0) is 22.1. The SMILES string of the molecule is CC(=O)Nc1ccc(S(=O)(=O)N[C@@H](C)C(=O)Nc2nc3c(C)cc(C)cc3s2)cc1. The summed E-state index contributed by atoms with van der Waals surface area (Å²) < 4.78 is 28.4. The predicted molar refractivity (Wildman–Crippen MR) is 118 cm³/mol. The summed E-state index contributed by atoms with van der Waals surface area (Å²) in [6.07, 6.45) is 0. The van der Waals surface area contributed by atoms with Crippen LogP contribution in [0.15, 0.2) is 41.3 Å². The largest absolute Gasteiger partial charge is 0.326 e. The zero-order valence-corrected chi connectivity index (χ0v) is 18.6. The third-order valence-corrected chi connectivity index (χ3v) is 6.74. The minimum atomic E-state index is -3.92. The number of carbonyl (C=O) groups excluding carboxylic acids is 2. The molecule has 10 heteroatoms. The third-order valence-electron chi connectivity index (χ3n) is 4.27. The van der Waals surface area contributed by atoms with Crippen molar-refractivity contribution in [2.75, 3.05) is 10.6 Å². The number of carbonyl (C=O) groups is 2. The van der Waals surface area contributed by atoms with Crippen molar-refractivity contribution in [2.24, 2.45) is 0 Å². The van der Waals surface area contributed by atoms with E-state index in [-0.39, 0.29) is 10.8 Å². The van der Waals surface area contributed by atoms with E-state index in [1.54, 1.807) is 0 Å². The van der Waals surface area contributed by atoms with Crippen molar-refractivity contribution in [1.82, 2.24) is 9.71 Å². The number of anilines is 2. The second kappa shape index (κ2) is 8.50. The van der Waals surface area contributed by atoms with Gasteiger partial charge in [0.25, 0.3) is 0 Å². The number of rotatable bonds is 6. The van der Waals surface area contributed by atoms with Crippen LogP contribution in [0.1, 0.15) is 25.0 Å². The van der Waals surface area contributed by atoms with Crippen molar-refractivity contribution in [3.8, 4) is 0 Å². The summed E-state index contributed by atoms with van der Waals surface area (Å²) in [7, 11) is -3.92. The van der Waals surface area contributed by atoms with Crippen LogP contribution in [0.5, 0.6) is 0 Å². The number of aryl methyl sites for hydroxylation is 2. The van der Waals surface area contributed by atoms with Gasteiger partial charge in [0.15, 0.2) is 5.13 Å². The molecule has 0 aliphatic carbocycles. The molecule has 8 nitrogen and oxygen atoms in total. The fourth-order valence-electron chi connectivity index (χ4n) is 2.91. The highest BCUT2D eigenvalue weighted by Gasteiger charge is 2.23. The van der Waals surface area contributed by atoms with Crippen molar-refractivity contribution in [3.05, 3.63) is 47.5 Å². The molecule has 30 heavy (non-hydrogen) atoms. The first kappa shape index (κ1) is 21.9. The number of fused-ring (bicyclic) bond motifs is 1. The topological polar surface area (TPSA) is 117 Å². The Bertz CT molecular complexity index is 1220. The maximum Gasteiger partial charge on any atom is 0.244 e. The van der Waals surface area contributed by atoms with Crippen LogP contribution in [0.2, 0.25) is 0 Å². The molecular weight excluding hydrogens is 424 g/mol. The van der Waals surface area contributed by atoms with Crippen molar-refractivity contribution in [1.29, 1.82) is 0 Å². The molecule has 1 aromatic heterocycles. The molecule has 3 N–H and O–H groups in total. The molecule has 0 radical (unpaired) electrons. The fourth-order valence-corrected chi connectivity index (χ4v) is 5.16. The number of hydrogen-bond acceptors (Lipinski definition) is 6. The highest BCUT2D eigenvalue weighted by atomic mass is 32.2. The highest BCUT2D eigenvalue weighted by Crippen LogP contribution is 2.29. The van der Waals surface area contributed by atoms with Gasteiger partial charge in [0.1, 0.15) is 0 Å². The average Bonchev–Trinajstić information content (AvgIpc) is 3.03. The molecule has 3 rings (SSSR count). The normalized spacial score (nSPS) is 12.5. The first-order valence-electron chi connectivity index (χ1n) is 9.14. The van der Waals surface area contributed by atoms with Gasteiger partial charge in [0.2, 0.25) is 21.8 Å². The van der Waals surface area contributed by atoms with Gasteiger partial charge in [-0.25, -0.2) is 13.4 Å². The molecule has 0 unspecified atom stereocenters.